The van der Waals surface area contributed by atoms with Crippen molar-refractivity contribution >= 4 is 32.6 Å². The predicted octanol–water partition coefficient (Wildman–Crippen LogP) is 4.62. The maximum absolute atomic E-state index is 13.0. The number of rotatable bonds is 3. The molecule has 0 bridgehead atoms. The van der Waals surface area contributed by atoms with Gasteiger partial charge in [-0.1, -0.05) is 52.3 Å². The zero-order valence-corrected chi connectivity index (χ0v) is 13.7. The molecule has 0 radical (unpaired) electrons. The van der Waals surface area contributed by atoms with Crippen molar-refractivity contribution in [2.75, 3.05) is 11.9 Å². The fourth-order valence-electron chi connectivity index (χ4n) is 3.26. The molecule has 3 heteroatoms. The quantitative estimate of drug-likeness (QED) is 0.743. The van der Waals surface area contributed by atoms with Crippen molar-refractivity contribution in [1.29, 1.82) is 0 Å². The lowest BCUT2D eigenvalue weighted by atomic mass is 9.97. The third-order valence-corrected chi connectivity index (χ3v) is 4.81. The number of hydrogen-bond acceptors (Lipinski definition) is 1. The van der Waals surface area contributed by atoms with Crippen LogP contribution in [0.5, 0.6) is 0 Å². The Morgan fingerprint density at radius 2 is 1.95 bits per heavy atom. The number of piperidine rings is 1. The van der Waals surface area contributed by atoms with Gasteiger partial charge < -0.3 is 4.90 Å². The molecule has 1 unspecified atom stereocenters. The van der Waals surface area contributed by atoms with E-state index in [0.29, 0.717) is 6.04 Å². The largest absolute Gasteiger partial charge is 0.336 e. The first-order chi connectivity index (χ1) is 10.3. The van der Waals surface area contributed by atoms with Crippen molar-refractivity contribution in [1.82, 2.24) is 4.90 Å². The third-order valence-electron chi connectivity index (χ3n) is 4.35. The summed E-state index contributed by atoms with van der Waals surface area (Å²) < 4.78 is 0. The first-order valence-corrected chi connectivity index (χ1v) is 8.78. The predicted molar refractivity (Wildman–Crippen MR) is 91.0 cm³/mol. The molecular weight excluding hydrogens is 326 g/mol. The zero-order chi connectivity index (χ0) is 14.7. The maximum atomic E-state index is 13.0. The molecule has 1 aliphatic heterocycles. The molecule has 21 heavy (non-hydrogen) atoms. The third kappa shape index (κ3) is 2.98. The van der Waals surface area contributed by atoms with Gasteiger partial charge in [0.05, 0.1) is 0 Å². The van der Waals surface area contributed by atoms with Gasteiger partial charge in [0.2, 0.25) is 0 Å². The number of halogens is 1. The van der Waals surface area contributed by atoms with Crippen LogP contribution in [-0.4, -0.2) is 28.7 Å². The fourth-order valence-corrected chi connectivity index (χ4v) is 3.79. The number of benzene rings is 2. The van der Waals surface area contributed by atoms with Crippen LogP contribution in [0.3, 0.4) is 0 Å². The van der Waals surface area contributed by atoms with Crippen LogP contribution in [0.2, 0.25) is 0 Å². The van der Waals surface area contributed by atoms with Gasteiger partial charge in [0.25, 0.3) is 5.91 Å². The van der Waals surface area contributed by atoms with Crippen LogP contribution in [0.4, 0.5) is 0 Å². The topological polar surface area (TPSA) is 20.3 Å². The first-order valence-electron chi connectivity index (χ1n) is 7.66. The van der Waals surface area contributed by atoms with E-state index < -0.39 is 0 Å². The van der Waals surface area contributed by atoms with E-state index in [1.807, 2.05) is 30.3 Å². The van der Waals surface area contributed by atoms with Crippen LogP contribution in [-0.2, 0) is 0 Å². The molecule has 1 saturated heterocycles. The summed E-state index contributed by atoms with van der Waals surface area (Å²) >= 11 is 3.52. The minimum absolute atomic E-state index is 0.192. The molecule has 2 aromatic carbocycles. The Bertz CT molecular complexity index is 633. The Balaban J connectivity index is 1.95. The monoisotopic (exact) mass is 345 g/mol. The molecule has 1 heterocycles. The number of carbonyl (C=O) groups is 1. The van der Waals surface area contributed by atoms with E-state index in [-0.39, 0.29) is 5.91 Å². The molecule has 1 atom stereocenters. The Morgan fingerprint density at radius 1 is 1.14 bits per heavy atom. The second kappa shape index (κ2) is 6.61. The smallest absolute Gasteiger partial charge is 0.254 e. The fraction of sp³-hybridized carbons (Fsp3) is 0.389. The highest BCUT2D eigenvalue weighted by molar-refractivity contribution is 9.09. The Kier molecular flexibility index (Phi) is 4.59. The maximum Gasteiger partial charge on any atom is 0.254 e. The van der Waals surface area contributed by atoms with Gasteiger partial charge in [-0.25, -0.2) is 0 Å². The van der Waals surface area contributed by atoms with Gasteiger partial charge in [0.1, 0.15) is 0 Å². The number of hydrogen-bond donors (Lipinski definition) is 0. The van der Waals surface area contributed by atoms with Crippen molar-refractivity contribution < 1.29 is 4.79 Å². The van der Waals surface area contributed by atoms with Gasteiger partial charge >= 0.3 is 0 Å². The number of nitrogens with zero attached hydrogens (tertiary/aromatic N) is 1. The van der Waals surface area contributed by atoms with Crippen LogP contribution < -0.4 is 0 Å². The molecule has 1 fully saturated rings. The van der Waals surface area contributed by atoms with Crippen molar-refractivity contribution in [2.45, 2.75) is 31.7 Å². The van der Waals surface area contributed by atoms with Gasteiger partial charge in [-0.2, -0.15) is 0 Å². The number of alkyl halides is 1. The highest BCUT2D eigenvalue weighted by atomic mass is 79.9. The first kappa shape index (κ1) is 14.6. The molecule has 0 spiro atoms. The molecule has 0 aromatic heterocycles. The minimum Gasteiger partial charge on any atom is -0.336 e. The Labute approximate surface area is 134 Å². The lowest BCUT2D eigenvalue weighted by Crippen LogP contribution is -2.44. The van der Waals surface area contributed by atoms with Gasteiger partial charge in [-0.15, -0.1) is 0 Å². The van der Waals surface area contributed by atoms with Crippen molar-refractivity contribution in [3.05, 3.63) is 48.0 Å². The summed E-state index contributed by atoms with van der Waals surface area (Å²) in [4.78, 5) is 15.1. The molecule has 2 nitrogen and oxygen atoms in total. The van der Waals surface area contributed by atoms with Gasteiger partial charge in [0.15, 0.2) is 0 Å². The van der Waals surface area contributed by atoms with E-state index in [4.69, 9.17) is 0 Å². The highest BCUT2D eigenvalue weighted by Gasteiger charge is 2.27. The number of fused-ring (bicyclic) bond motifs is 1. The van der Waals surface area contributed by atoms with E-state index in [2.05, 4.69) is 33.0 Å². The van der Waals surface area contributed by atoms with Gasteiger partial charge in [0, 0.05) is 23.5 Å². The summed E-state index contributed by atoms with van der Waals surface area (Å²) in [5.74, 6) is 0.192. The Morgan fingerprint density at radius 3 is 2.81 bits per heavy atom. The molecule has 1 aliphatic rings. The van der Waals surface area contributed by atoms with Crippen molar-refractivity contribution in [2.24, 2.45) is 0 Å². The molecule has 3 rings (SSSR count). The van der Waals surface area contributed by atoms with Gasteiger partial charge in [-0.3, -0.25) is 4.79 Å². The summed E-state index contributed by atoms with van der Waals surface area (Å²) in [6.45, 7) is 0.889. The molecule has 0 N–H and O–H groups in total. The molecular formula is C18H20BrNO. The Hall–Kier alpha value is -1.35. The van der Waals surface area contributed by atoms with Crippen LogP contribution >= 0.6 is 15.9 Å². The highest BCUT2D eigenvalue weighted by Crippen LogP contribution is 2.26. The van der Waals surface area contributed by atoms with Crippen molar-refractivity contribution in [3.8, 4) is 0 Å². The molecule has 0 aliphatic carbocycles. The molecule has 0 saturated carbocycles. The summed E-state index contributed by atoms with van der Waals surface area (Å²) in [5, 5.41) is 3.15. The van der Waals surface area contributed by atoms with Crippen LogP contribution in [0.1, 0.15) is 36.0 Å². The summed E-state index contributed by atoms with van der Waals surface area (Å²) in [7, 11) is 0. The van der Waals surface area contributed by atoms with E-state index in [1.54, 1.807) is 0 Å². The van der Waals surface area contributed by atoms with Crippen LogP contribution in [0.15, 0.2) is 42.5 Å². The number of amides is 1. The number of carbonyl (C=O) groups excluding carboxylic acids is 1. The van der Waals surface area contributed by atoms with Crippen molar-refractivity contribution in [3.63, 3.8) is 0 Å². The standard InChI is InChI=1S/C18H20BrNO/c19-12-11-15-8-3-4-13-20(15)18(21)17-10-5-7-14-6-1-2-9-16(14)17/h1-2,5-7,9-10,15H,3-4,8,11-13H2. The molecule has 2 aromatic rings. The SMILES string of the molecule is O=C(c1cccc2ccccc12)N1CCCCC1CCBr. The summed E-state index contributed by atoms with van der Waals surface area (Å²) in [6.07, 6.45) is 4.52. The van der Waals surface area contributed by atoms with Crippen LogP contribution in [0.25, 0.3) is 10.8 Å². The average molecular weight is 346 g/mol. The van der Waals surface area contributed by atoms with Gasteiger partial charge in [-0.05, 0) is 42.5 Å². The second-order valence-electron chi connectivity index (χ2n) is 5.65. The zero-order valence-electron chi connectivity index (χ0n) is 12.1. The van der Waals surface area contributed by atoms with E-state index in [0.717, 1.165) is 47.5 Å². The van der Waals surface area contributed by atoms with E-state index in [9.17, 15) is 4.79 Å². The van der Waals surface area contributed by atoms with E-state index >= 15 is 0 Å². The second-order valence-corrected chi connectivity index (χ2v) is 6.45. The molecule has 1 amide bonds. The normalized spacial score (nSPS) is 18.9. The lowest BCUT2D eigenvalue weighted by molar-refractivity contribution is 0.0612. The lowest BCUT2D eigenvalue weighted by Gasteiger charge is -2.36. The van der Waals surface area contributed by atoms with Crippen LogP contribution in [0, 0.1) is 0 Å². The average Bonchev–Trinajstić information content (AvgIpc) is 2.54. The molecule has 110 valence electrons. The summed E-state index contributed by atoms with van der Waals surface area (Å²) in [6, 6.07) is 14.5. The minimum atomic E-state index is 0.192. The number of likely N-dealkylation sites (tertiary alicyclic amines) is 1. The summed E-state index contributed by atoms with van der Waals surface area (Å²) in [5.41, 5.74) is 0.842. The van der Waals surface area contributed by atoms with E-state index in [1.165, 1.54) is 6.42 Å².